The second kappa shape index (κ2) is 8.62. The minimum Gasteiger partial charge on any atom is -0.451 e. The maximum atomic E-state index is 12.6. The van der Waals surface area contributed by atoms with Gasteiger partial charge in [-0.05, 0) is 68.4 Å². The van der Waals surface area contributed by atoms with Crippen LogP contribution >= 0.6 is 0 Å². The Kier molecular flexibility index (Phi) is 5.35. The third-order valence-electron chi connectivity index (χ3n) is 5.15. The average molecular weight is 452 g/mol. The molecular weight excluding hydrogens is 432 g/mol. The molecule has 0 unspecified atom stereocenters. The number of benzene rings is 2. The quantitative estimate of drug-likeness (QED) is 0.407. The Morgan fingerprint density at radius 3 is 2.38 bits per heavy atom. The highest BCUT2D eigenvalue weighted by Gasteiger charge is 2.13. The van der Waals surface area contributed by atoms with Gasteiger partial charge in [-0.3, -0.25) is 9.59 Å². The van der Waals surface area contributed by atoms with Gasteiger partial charge in [-0.1, -0.05) is 12.1 Å². The van der Waals surface area contributed by atoms with Gasteiger partial charge in [-0.2, -0.15) is 5.10 Å². The van der Waals surface area contributed by atoms with E-state index in [1.54, 1.807) is 53.2 Å². The second-order valence-corrected chi connectivity index (χ2v) is 7.74. The predicted molar refractivity (Wildman–Crippen MR) is 129 cm³/mol. The van der Waals surface area contributed by atoms with Crippen molar-refractivity contribution in [1.82, 2.24) is 20.0 Å². The normalized spacial score (nSPS) is 10.9. The maximum absolute atomic E-state index is 12.6. The van der Waals surface area contributed by atoms with Gasteiger partial charge < -0.3 is 15.1 Å². The molecule has 0 fully saturated rings. The highest BCUT2D eigenvalue weighted by molar-refractivity contribution is 6.03. The summed E-state index contributed by atoms with van der Waals surface area (Å²) in [6.07, 6.45) is 0. The Balaban J connectivity index is 1.26. The number of carbonyl (C=O) groups is 1. The van der Waals surface area contributed by atoms with Gasteiger partial charge in [0.25, 0.3) is 5.91 Å². The zero-order valence-electron chi connectivity index (χ0n) is 18.4. The predicted octanol–water partition coefficient (Wildman–Crippen LogP) is 4.38. The van der Waals surface area contributed by atoms with E-state index in [9.17, 15) is 9.59 Å². The van der Waals surface area contributed by atoms with Gasteiger partial charge in [0.2, 0.25) is 0 Å². The average Bonchev–Trinajstić information content (AvgIpc) is 3.18. The van der Waals surface area contributed by atoms with Crippen LogP contribution in [0.4, 0.5) is 17.2 Å². The fourth-order valence-corrected chi connectivity index (χ4v) is 3.56. The molecule has 0 spiro atoms. The van der Waals surface area contributed by atoms with E-state index in [0.29, 0.717) is 28.3 Å². The molecule has 3 heterocycles. The van der Waals surface area contributed by atoms with Crippen LogP contribution in [-0.2, 0) is 0 Å². The van der Waals surface area contributed by atoms with E-state index in [1.807, 2.05) is 32.0 Å². The first-order chi connectivity index (χ1) is 16.5. The molecule has 0 radical (unpaired) electrons. The molecule has 0 saturated heterocycles. The maximum Gasteiger partial charge on any atom is 0.291 e. The molecule has 168 valence electrons. The number of fused-ring (bicyclic) bond motifs is 1. The van der Waals surface area contributed by atoms with Gasteiger partial charge in [0.05, 0.1) is 11.1 Å². The van der Waals surface area contributed by atoms with Crippen LogP contribution in [0.15, 0.2) is 82.0 Å². The number of anilines is 3. The molecule has 3 aromatic heterocycles. The number of para-hydroxylation sites is 1. The zero-order valence-corrected chi connectivity index (χ0v) is 18.4. The second-order valence-electron chi connectivity index (χ2n) is 7.74. The van der Waals surface area contributed by atoms with Gasteiger partial charge in [0.1, 0.15) is 5.58 Å². The number of carbonyl (C=O) groups excluding carboxylic acids is 1. The van der Waals surface area contributed by atoms with Gasteiger partial charge in [0.15, 0.2) is 22.8 Å². The Bertz CT molecular complexity index is 1550. The fourth-order valence-electron chi connectivity index (χ4n) is 3.56. The van der Waals surface area contributed by atoms with Gasteiger partial charge in [0, 0.05) is 23.1 Å². The molecule has 0 aliphatic rings. The highest BCUT2D eigenvalue weighted by atomic mass is 16.3. The molecule has 0 saturated carbocycles. The van der Waals surface area contributed by atoms with Crippen molar-refractivity contribution < 1.29 is 9.21 Å². The van der Waals surface area contributed by atoms with Crippen LogP contribution in [0, 0.1) is 13.8 Å². The largest absolute Gasteiger partial charge is 0.451 e. The number of nitrogens with zero attached hydrogens (tertiary/aromatic N) is 4. The number of rotatable bonds is 5. The number of amides is 1. The fraction of sp³-hybridized carbons (Fsp3) is 0.0800. The number of aromatic nitrogens is 4. The SMILES string of the molecule is Cc1cc(C)n(-c2ccc(Nc3ccc(NC(=O)c4cc(=O)c5ccccc5o4)cc3)nn2)n1. The van der Waals surface area contributed by atoms with Crippen molar-refractivity contribution in [1.29, 1.82) is 0 Å². The molecule has 5 aromatic rings. The number of hydrogen-bond donors (Lipinski definition) is 2. The topological polar surface area (TPSA) is 115 Å². The molecule has 0 aliphatic heterocycles. The summed E-state index contributed by atoms with van der Waals surface area (Å²) in [5, 5.41) is 19.2. The van der Waals surface area contributed by atoms with Crippen LogP contribution in [0.1, 0.15) is 21.9 Å². The summed E-state index contributed by atoms with van der Waals surface area (Å²) in [6, 6.07) is 20.7. The van der Waals surface area contributed by atoms with Crippen LogP contribution in [0.5, 0.6) is 0 Å². The summed E-state index contributed by atoms with van der Waals surface area (Å²) < 4.78 is 7.32. The van der Waals surface area contributed by atoms with E-state index in [-0.39, 0.29) is 11.2 Å². The van der Waals surface area contributed by atoms with Crippen molar-refractivity contribution >= 4 is 34.1 Å². The summed E-state index contributed by atoms with van der Waals surface area (Å²) >= 11 is 0. The summed E-state index contributed by atoms with van der Waals surface area (Å²) in [7, 11) is 0. The van der Waals surface area contributed by atoms with E-state index < -0.39 is 5.91 Å². The van der Waals surface area contributed by atoms with Crippen molar-refractivity contribution in [3.8, 4) is 5.82 Å². The van der Waals surface area contributed by atoms with E-state index in [2.05, 4.69) is 25.9 Å². The Hall–Kier alpha value is -4.79. The molecule has 2 aromatic carbocycles. The number of aryl methyl sites for hydroxylation is 2. The lowest BCUT2D eigenvalue weighted by Gasteiger charge is -2.09. The van der Waals surface area contributed by atoms with Crippen LogP contribution in [0.3, 0.4) is 0 Å². The van der Waals surface area contributed by atoms with Crippen molar-refractivity contribution in [3.63, 3.8) is 0 Å². The minimum absolute atomic E-state index is 0.0520. The third-order valence-corrected chi connectivity index (χ3v) is 5.15. The first-order valence-corrected chi connectivity index (χ1v) is 10.5. The molecule has 5 rings (SSSR count). The molecule has 9 heteroatoms. The monoisotopic (exact) mass is 452 g/mol. The van der Waals surface area contributed by atoms with Crippen molar-refractivity contribution in [2.45, 2.75) is 13.8 Å². The van der Waals surface area contributed by atoms with Crippen LogP contribution in [0.2, 0.25) is 0 Å². The zero-order chi connectivity index (χ0) is 23.7. The van der Waals surface area contributed by atoms with Crippen molar-refractivity contribution in [2.75, 3.05) is 10.6 Å². The van der Waals surface area contributed by atoms with E-state index in [4.69, 9.17) is 4.42 Å². The van der Waals surface area contributed by atoms with E-state index >= 15 is 0 Å². The first-order valence-electron chi connectivity index (χ1n) is 10.5. The Morgan fingerprint density at radius 1 is 0.912 bits per heavy atom. The molecule has 0 bridgehead atoms. The molecule has 1 amide bonds. The standard InChI is InChI=1S/C25H20N6O3/c1-15-13-16(2)31(30-15)24-12-11-23(28-29-24)26-17-7-9-18(10-8-17)27-25(33)22-14-20(32)19-5-3-4-6-21(19)34-22/h3-14H,1-2H3,(H,26,28)(H,27,33). The van der Waals surface area contributed by atoms with E-state index in [0.717, 1.165) is 17.1 Å². The molecule has 9 nitrogen and oxygen atoms in total. The Morgan fingerprint density at radius 2 is 1.68 bits per heavy atom. The lowest BCUT2D eigenvalue weighted by molar-refractivity contribution is 0.0997. The highest BCUT2D eigenvalue weighted by Crippen LogP contribution is 2.19. The number of nitrogens with one attached hydrogen (secondary N) is 2. The van der Waals surface area contributed by atoms with Gasteiger partial charge >= 0.3 is 0 Å². The first kappa shape index (κ1) is 21.1. The molecule has 2 N–H and O–H groups in total. The molecule has 0 atom stereocenters. The van der Waals surface area contributed by atoms with Crippen LogP contribution in [-0.4, -0.2) is 25.9 Å². The van der Waals surface area contributed by atoms with Crippen LogP contribution < -0.4 is 16.1 Å². The summed E-state index contributed by atoms with van der Waals surface area (Å²) in [4.78, 5) is 24.8. The summed E-state index contributed by atoms with van der Waals surface area (Å²) in [5.74, 6) is 0.646. The molecular formula is C25H20N6O3. The van der Waals surface area contributed by atoms with E-state index in [1.165, 1.54) is 6.07 Å². The van der Waals surface area contributed by atoms with Crippen molar-refractivity contribution in [3.05, 3.63) is 100 Å². The van der Waals surface area contributed by atoms with Gasteiger partial charge in [-0.25, -0.2) is 4.68 Å². The lowest BCUT2D eigenvalue weighted by atomic mass is 10.2. The smallest absolute Gasteiger partial charge is 0.291 e. The minimum atomic E-state index is -0.505. The molecule has 34 heavy (non-hydrogen) atoms. The number of hydrogen-bond acceptors (Lipinski definition) is 7. The van der Waals surface area contributed by atoms with Crippen LogP contribution in [0.25, 0.3) is 16.8 Å². The summed E-state index contributed by atoms with van der Waals surface area (Å²) in [6.45, 7) is 3.89. The third kappa shape index (κ3) is 4.26. The van der Waals surface area contributed by atoms with Gasteiger partial charge in [-0.15, -0.1) is 10.2 Å². The summed E-state index contributed by atoms with van der Waals surface area (Å²) in [5.41, 5.74) is 3.31. The lowest BCUT2D eigenvalue weighted by Crippen LogP contribution is -2.14. The Labute approximate surface area is 194 Å². The molecule has 0 aliphatic carbocycles. The van der Waals surface area contributed by atoms with Crippen molar-refractivity contribution in [2.24, 2.45) is 0 Å².